The molecule has 3 heteroatoms. The van der Waals surface area contributed by atoms with Crippen molar-refractivity contribution in [3.8, 4) is 0 Å². The number of allylic oxidation sites excluding steroid dienone is 2. The first-order valence-corrected chi connectivity index (χ1v) is 12.7. The number of aliphatic hydroxyl groups is 1. The minimum absolute atomic E-state index is 0.104. The van der Waals surface area contributed by atoms with E-state index in [1.165, 1.54) is 27.1 Å². The highest BCUT2D eigenvalue weighted by Gasteiger charge is 2.30. The highest BCUT2D eigenvalue weighted by atomic mass is 32.2. The average molecular weight is 439 g/mol. The van der Waals surface area contributed by atoms with Gasteiger partial charge in [-0.1, -0.05) is 63.1 Å². The first-order chi connectivity index (χ1) is 14.9. The molecule has 31 heavy (non-hydrogen) atoms. The van der Waals surface area contributed by atoms with E-state index in [1.807, 2.05) is 25.6 Å². The summed E-state index contributed by atoms with van der Waals surface area (Å²) in [6.45, 7) is 12.4. The molecule has 2 nitrogen and oxygen atoms in total. The van der Waals surface area contributed by atoms with E-state index in [4.69, 9.17) is 0 Å². The summed E-state index contributed by atoms with van der Waals surface area (Å²) in [5, 5.41) is 10.9. The monoisotopic (exact) mass is 438 g/mol. The Kier molecular flexibility index (Phi) is 9.90. The number of thioether (sulfide) groups is 1. The smallest absolute Gasteiger partial charge is 0.167 e. The third kappa shape index (κ3) is 6.49. The maximum absolute atomic E-state index is 13.1. The van der Waals surface area contributed by atoms with Gasteiger partial charge in [-0.2, -0.15) is 0 Å². The fourth-order valence-corrected chi connectivity index (χ4v) is 5.27. The summed E-state index contributed by atoms with van der Waals surface area (Å²) in [5.74, 6) is 1.59. The molecule has 168 valence electrons. The zero-order valence-electron chi connectivity index (χ0n) is 20.0. The zero-order valence-corrected chi connectivity index (χ0v) is 20.9. The van der Waals surface area contributed by atoms with Crippen LogP contribution in [0.2, 0.25) is 0 Å². The zero-order chi connectivity index (χ0) is 23.0. The van der Waals surface area contributed by atoms with Crippen molar-refractivity contribution in [1.82, 2.24) is 0 Å². The molecule has 3 rings (SSSR count). The third-order valence-electron chi connectivity index (χ3n) is 5.80. The van der Waals surface area contributed by atoms with Gasteiger partial charge < -0.3 is 5.11 Å². The fourth-order valence-electron chi connectivity index (χ4n) is 4.26. The lowest BCUT2D eigenvalue weighted by Crippen LogP contribution is -2.21. The predicted molar refractivity (Wildman–Crippen MR) is 135 cm³/mol. The summed E-state index contributed by atoms with van der Waals surface area (Å²) in [5.41, 5.74) is 6.41. The Morgan fingerprint density at radius 3 is 2.03 bits per heavy atom. The van der Waals surface area contributed by atoms with Gasteiger partial charge in [-0.25, -0.2) is 0 Å². The molecule has 2 aromatic rings. The fraction of sp³-hybridized carbons (Fsp3) is 0.464. The molecule has 0 radical (unpaired) electrons. The third-order valence-corrected chi connectivity index (χ3v) is 6.84. The molecule has 1 aliphatic rings. The van der Waals surface area contributed by atoms with Crippen molar-refractivity contribution in [3.05, 3.63) is 70.0 Å². The van der Waals surface area contributed by atoms with Gasteiger partial charge in [0.15, 0.2) is 5.78 Å². The normalized spacial score (nSPS) is 16.2. The van der Waals surface area contributed by atoms with Crippen LogP contribution in [0.1, 0.15) is 74.8 Å². The van der Waals surface area contributed by atoms with E-state index in [1.54, 1.807) is 0 Å². The minimum Gasteiger partial charge on any atom is -0.512 e. The molecule has 0 amide bonds. The molecule has 1 N–H and O–H groups in total. The van der Waals surface area contributed by atoms with Crippen LogP contribution >= 0.6 is 11.8 Å². The second kappa shape index (κ2) is 12.1. The number of rotatable bonds is 7. The number of carbonyl (C=O) groups excluding carboxylic acids is 1. The van der Waals surface area contributed by atoms with Crippen molar-refractivity contribution in [2.75, 3.05) is 5.75 Å². The molecule has 0 fully saturated rings. The lowest BCUT2D eigenvalue weighted by molar-refractivity contribution is -0.115. The molecule has 1 aliphatic carbocycles. The molecule has 2 aromatic carbocycles. The van der Waals surface area contributed by atoms with E-state index in [-0.39, 0.29) is 11.7 Å². The number of Topliss-reactive ketones (excluding diaryl/α,β-unsaturated/α-hetero) is 1. The van der Waals surface area contributed by atoms with E-state index < -0.39 is 0 Å². The first-order valence-electron chi connectivity index (χ1n) is 11.7. The van der Waals surface area contributed by atoms with E-state index in [2.05, 4.69) is 64.1 Å². The summed E-state index contributed by atoms with van der Waals surface area (Å²) in [7, 11) is 0. The second-order valence-electron chi connectivity index (χ2n) is 8.13. The van der Waals surface area contributed by atoms with E-state index in [0.717, 1.165) is 30.6 Å². The van der Waals surface area contributed by atoms with Gasteiger partial charge in [0.1, 0.15) is 5.76 Å². The van der Waals surface area contributed by atoms with Crippen LogP contribution in [0.4, 0.5) is 0 Å². The summed E-state index contributed by atoms with van der Waals surface area (Å²) < 4.78 is 0. The molecule has 0 aliphatic heterocycles. The number of ketones is 1. The van der Waals surface area contributed by atoms with Crippen LogP contribution in [0.5, 0.6) is 0 Å². The van der Waals surface area contributed by atoms with E-state index in [9.17, 15) is 9.90 Å². The Morgan fingerprint density at radius 1 is 0.935 bits per heavy atom. The summed E-state index contributed by atoms with van der Waals surface area (Å²) in [4.78, 5) is 14.3. The van der Waals surface area contributed by atoms with Gasteiger partial charge in [-0.05, 0) is 73.6 Å². The maximum atomic E-state index is 13.1. The molecule has 0 aromatic heterocycles. The minimum atomic E-state index is 0.104. The molecule has 1 unspecified atom stereocenters. The standard InChI is InChI=1S/C26H32O2S.C2H6/c1-5-20-13-18(4)14-21(6-2)25(20)26-23(27)15-19(16-24(26)28)11-12-29-22-9-7-17(3)8-10-22;1-2/h7-10,13-14,19,27H,5-6,11-12,15-16H2,1-4H3;1-2H3. The van der Waals surface area contributed by atoms with Crippen LogP contribution in [0.3, 0.4) is 0 Å². The predicted octanol–water partition coefficient (Wildman–Crippen LogP) is 7.89. The second-order valence-corrected chi connectivity index (χ2v) is 9.30. The topological polar surface area (TPSA) is 37.3 Å². The quantitative estimate of drug-likeness (QED) is 0.447. The highest BCUT2D eigenvalue weighted by molar-refractivity contribution is 7.99. The van der Waals surface area contributed by atoms with Crippen LogP contribution < -0.4 is 0 Å². The van der Waals surface area contributed by atoms with Crippen LogP contribution in [0, 0.1) is 19.8 Å². The number of aliphatic hydroxyl groups excluding tert-OH is 1. The number of carbonyl (C=O) groups is 1. The van der Waals surface area contributed by atoms with Crippen molar-refractivity contribution in [1.29, 1.82) is 0 Å². The molecular formula is C28H38O2S. The van der Waals surface area contributed by atoms with Gasteiger partial charge >= 0.3 is 0 Å². The van der Waals surface area contributed by atoms with E-state index in [0.29, 0.717) is 24.2 Å². The number of hydrogen-bond acceptors (Lipinski definition) is 3. The van der Waals surface area contributed by atoms with Crippen LogP contribution in [0.15, 0.2) is 47.1 Å². The Hall–Kier alpha value is -2.00. The van der Waals surface area contributed by atoms with Crippen molar-refractivity contribution < 1.29 is 9.90 Å². The molecular weight excluding hydrogens is 400 g/mol. The Labute approximate surface area is 193 Å². The molecule has 0 bridgehead atoms. The van der Waals surface area contributed by atoms with Crippen LogP contribution in [-0.2, 0) is 17.6 Å². The van der Waals surface area contributed by atoms with E-state index >= 15 is 0 Å². The summed E-state index contributed by atoms with van der Waals surface area (Å²) >= 11 is 1.83. The van der Waals surface area contributed by atoms with Gasteiger partial charge in [0.05, 0.1) is 5.57 Å². The van der Waals surface area contributed by atoms with Crippen molar-refractivity contribution in [2.45, 2.75) is 78.5 Å². The van der Waals surface area contributed by atoms with Crippen molar-refractivity contribution in [2.24, 2.45) is 5.92 Å². The SMILES string of the molecule is CC.CCc1cc(C)cc(CC)c1C1=C(O)CC(CCSc2ccc(C)cc2)CC1=O. The van der Waals surface area contributed by atoms with Crippen LogP contribution in [0.25, 0.3) is 5.57 Å². The lowest BCUT2D eigenvalue weighted by Gasteiger charge is -2.26. The summed E-state index contributed by atoms with van der Waals surface area (Å²) in [6.07, 6.45) is 3.82. The van der Waals surface area contributed by atoms with Gasteiger partial charge in [-0.3, -0.25) is 4.79 Å². The molecule has 1 atom stereocenters. The van der Waals surface area contributed by atoms with Crippen LogP contribution in [-0.4, -0.2) is 16.6 Å². The first kappa shape index (κ1) is 25.3. The van der Waals surface area contributed by atoms with Gasteiger partial charge in [0.2, 0.25) is 0 Å². The molecule has 0 heterocycles. The Morgan fingerprint density at radius 2 is 1.52 bits per heavy atom. The number of benzene rings is 2. The van der Waals surface area contributed by atoms with Gasteiger partial charge in [-0.15, -0.1) is 11.8 Å². The van der Waals surface area contributed by atoms with Crippen molar-refractivity contribution >= 4 is 23.1 Å². The molecule has 0 saturated carbocycles. The van der Waals surface area contributed by atoms with Crippen molar-refractivity contribution in [3.63, 3.8) is 0 Å². The maximum Gasteiger partial charge on any atom is 0.167 e. The number of aryl methyl sites for hydroxylation is 4. The summed E-state index contributed by atoms with van der Waals surface area (Å²) in [6, 6.07) is 12.9. The van der Waals surface area contributed by atoms with Gasteiger partial charge in [0, 0.05) is 17.7 Å². The number of hydrogen-bond donors (Lipinski definition) is 1. The molecule has 0 saturated heterocycles. The molecule has 0 spiro atoms. The average Bonchev–Trinajstić information content (AvgIpc) is 2.76. The Bertz CT molecular complexity index is 884. The highest BCUT2D eigenvalue weighted by Crippen LogP contribution is 2.38. The van der Waals surface area contributed by atoms with Gasteiger partial charge in [0.25, 0.3) is 0 Å². The lowest BCUT2D eigenvalue weighted by atomic mass is 9.79. The largest absolute Gasteiger partial charge is 0.512 e. The Balaban J connectivity index is 0.00000166.